The van der Waals surface area contributed by atoms with Crippen molar-refractivity contribution >= 4 is 6.29 Å². The van der Waals surface area contributed by atoms with Crippen molar-refractivity contribution in [3.8, 4) is 0 Å². The van der Waals surface area contributed by atoms with E-state index in [1.165, 1.54) is 0 Å². The minimum Gasteiger partial charge on any atom is -0.394 e. The summed E-state index contributed by atoms with van der Waals surface area (Å²) in [5.41, 5.74) is 0. The normalized spacial score (nSPS) is 53.2. The molecule has 102 heavy (non-hydrogen) atoms. The van der Waals surface area contributed by atoms with Crippen LogP contribution in [0.25, 0.3) is 0 Å². The van der Waals surface area contributed by atoms with Crippen LogP contribution in [0.3, 0.4) is 0 Å². The summed E-state index contributed by atoms with van der Waals surface area (Å²) in [6.07, 6.45) is -93.0. The van der Waals surface area contributed by atoms with Gasteiger partial charge in [-0.1, -0.05) is 0 Å². The van der Waals surface area contributed by atoms with Crippen LogP contribution in [0.4, 0.5) is 0 Å². The van der Waals surface area contributed by atoms with Crippen molar-refractivity contribution in [1.29, 1.82) is 0 Å². The van der Waals surface area contributed by atoms with Gasteiger partial charge in [-0.15, -0.1) is 0 Å². The molecule has 596 valence electrons. The van der Waals surface area contributed by atoms with Crippen LogP contribution in [0.15, 0.2) is 0 Å². The first-order valence-corrected chi connectivity index (χ1v) is 30.6. The van der Waals surface area contributed by atoms with Gasteiger partial charge in [0.25, 0.3) is 0 Å². The Morgan fingerprint density at radius 1 is 0.363 bits per heavy atom. The van der Waals surface area contributed by atoms with E-state index < -0.39 is 315 Å². The van der Waals surface area contributed by atoms with E-state index in [9.17, 15) is 178 Å². The maximum Gasteiger partial charge on any atom is 0.318 e. The second kappa shape index (κ2) is 32.3. The van der Waals surface area contributed by atoms with Crippen molar-refractivity contribution in [3.63, 3.8) is 0 Å². The van der Waals surface area contributed by atoms with Crippen molar-refractivity contribution < 1.29 is 254 Å². The molecule has 41 atom stereocenters. The van der Waals surface area contributed by atoms with E-state index in [2.05, 4.69) is 0 Å². The number of aliphatic hydroxyl groups excluding tert-OH is 28. The molecule has 0 aliphatic carbocycles. The monoisotopic (exact) mass is 1510 g/mol. The molecule has 8 aliphatic heterocycles. The molecular formula is C51H86O51. The van der Waals surface area contributed by atoms with Gasteiger partial charge in [0.2, 0.25) is 0 Å². The fourth-order valence-electron chi connectivity index (χ4n) is 11.7. The molecule has 8 saturated heterocycles. The van der Waals surface area contributed by atoms with Gasteiger partial charge in [-0.25, -0.2) is 0 Å². The van der Waals surface area contributed by atoms with Crippen molar-refractivity contribution in [2.75, 3.05) is 59.5 Å². The highest BCUT2D eigenvalue weighted by Crippen LogP contribution is 2.48. The molecule has 0 saturated carbocycles. The van der Waals surface area contributed by atoms with Crippen LogP contribution >= 0.6 is 0 Å². The van der Waals surface area contributed by atoms with E-state index in [1.54, 1.807) is 0 Å². The maximum atomic E-state index is 12.7. The highest BCUT2D eigenvalue weighted by Gasteiger charge is 2.72. The van der Waals surface area contributed by atoms with Crippen LogP contribution in [0, 0.1) is 0 Å². The van der Waals surface area contributed by atoms with Crippen LogP contribution in [-0.2, 0) is 80.6 Å². The summed E-state index contributed by atoms with van der Waals surface area (Å²) in [7, 11) is 0. The molecule has 51 heteroatoms. The zero-order valence-electron chi connectivity index (χ0n) is 52.1. The van der Waals surface area contributed by atoms with E-state index >= 15 is 0 Å². The summed E-state index contributed by atoms with van der Waals surface area (Å²) in [5, 5.41) is 378. The Hall–Kier alpha value is -2.33. The molecule has 8 fully saturated rings. The average Bonchev–Trinajstić information content (AvgIpc) is 0.723. The van der Waals surface area contributed by atoms with Crippen LogP contribution in [0.2, 0.25) is 0 Å². The first kappa shape index (κ1) is 85.3. The minimum atomic E-state index is -4.58. The quantitative estimate of drug-likeness (QED) is 0.0282. The molecule has 51 nitrogen and oxygen atoms in total. The van der Waals surface area contributed by atoms with Gasteiger partial charge in [-0.05, 0) is 0 Å². The molecule has 8 aliphatic rings. The van der Waals surface area contributed by atoms with Gasteiger partial charge in [-0.3, -0.25) is 9.47 Å². The van der Waals surface area contributed by atoms with Gasteiger partial charge >= 0.3 is 47.8 Å². The second-order valence-corrected chi connectivity index (χ2v) is 25.0. The Morgan fingerprint density at radius 3 is 1.12 bits per heavy atom. The minimum absolute atomic E-state index is 0.465. The molecule has 0 aromatic carbocycles. The van der Waals surface area contributed by atoms with Crippen LogP contribution in [0.1, 0.15) is 0 Å². The molecule has 8 heterocycles. The van der Waals surface area contributed by atoms with Crippen molar-refractivity contribution in [2.24, 2.45) is 0 Å². The Balaban J connectivity index is 1.31. The second-order valence-electron chi connectivity index (χ2n) is 25.0. The largest absolute Gasteiger partial charge is 0.394 e. The van der Waals surface area contributed by atoms with Crippen molar-refractivity contribution in [2.45, 2.75) is 249 Å². The Kier molecular flexibility index (Phi) is 27.0. The number of hydrogen-bond donors (Lipinski definition) is 34. The number of aldehydes is 1. The molecule has 34 N–H and O–H groups in total. The fourth-order valence-corrected chi connectivity index (χ4v) is 11.7. The van der Waals surface area contributed by atoms with Crippen LogP contribution in [0.5, 0.6) is 0 Å². The predicted molar refractivity (Wildman–Crippen MR) is 290 cm³/mol. The molecule has 0 spiro atoms. The summed E-state index contributed by atoms with van der Waals surface area (Å²) in [6, 6.07) is 0. The van der Waals surface area contributed by atoms with E-state index in [4.69, 9.17) is 75.8 Å². The smallest absolute Gasteiger partial charge is 0.318 e. The molecule has 0 aromatic heterocycles. The van der Waals surface area contributed by atoms with E-state index in [-0.39, 0.29) is 0 Å². The zero-order valence-corrected chi connectivity index (χ0v) is 52.1. The molecule has 0 radical (unpaired) electrons. The highest BCUT2D eigenvalue weighted by atomic mass is 17.0. The lowest BCUT2D eigenvalue weighted by Gasteiger charge is -2.57. The summed E-state index contributed by atoms with van der Waals surface area (Å²) < 4.78 is 86.1. The molecule has 0 unspecified atom stereocenters. The summed E-state index contributed by atoms with van der Waals surface area (Å²) in [5.74, 6) is -32.7. The average molecular weight is 1520 g/mol. The first-order valence-electron chi connectivity index (χ1n) is 30.6. The lowest BCUT2D eigenvalue weighted by atomic mass is 9.93. The van der Waals surface area contributed by atoms with Crippen molar-refractivity contribution in [1.82, 2.24) is 0 Å². The number of hydrogen-bond acceptors (Lipinski definition) is 51. The SMILES string of the molecule is O=C[C@H](O)[C@@H](O)[C@H](O[C@@]1(O[C@@]2(O)OC[C@H](O)[C@H](O)[C@@H]2O)O[C@H](CO[C@@]2(O)O[C@H](CO)[C@H](O)[C@H](O)[C@H]2O)[C@@H](O[C@]2(O[C@@]3(O)OC[C@H](O)[C@@H](O)[C@@H]3O)O[C@@H](CO[C@]3(O)O[C@@H](CO)[C@@H](O)[C@H](O)[C@@H]3O)[C@H](O[C@@]3(O)O[C@H](CO[C@]4(O)OC[C@@H](O)[C@H](O)[C@H]4O)[C@@H](O)[C@H](O)[C@H]3O)[C@@H](O)[C@@H]2O)[C@H](O)[C@H]1O)[C@H](O)CO. The lowest BCUT2D eigenvalue weighted by Crippen LogP contribution is -2.78. The summed E-state index contributed by atoms with van der Waals surface area (Å²) >= 11 is 0. The summed E-state index contributed by atoms with van der Waals surface area (Å²) in [6.45, 7) is -13.6. The third-order valence-corrected chi connectivity index (χ3v) is 17.9. The van der Waals surface area contributed by atoms with E-state index in [1.807, 2.05) is 0 Å². The maximum absolute atomic E-state index is 12.7. The van der Waals surface area contributed by atoms with Crippen LogP contribution < -0.4 is 0 Å². The van der Waals surface area contributed by atoms with E-state index in [0.29, 0.717) is 0 Å². The highest BCUT2D eigenvalue weighted by molar-refractivity contribution is 5.56. The van der Waals surface area contributed by atoms with Gasteiger partial charge in [0, 0.05) is 0 Å². The number of rotatable bonds is 26. The van der Waals surface area contributed by atoms with Crippen LogP contribution in [-0.4, -0.2) is 489 Å². The number of aliphatic hydroxyl groups is 34. The lowest BCUT2D eigenvalue weighted by molar-refractivity contribution is -0.589. The molecule has 0 bridgehead atoms. The third-order valence-electron chi connectivity index (χ3n) is 17.9. The number of ether oxygens (including phenoxy) is 16. The van der Waals surface area contributed by atoms with E-state index in [0.717, 1.165) is 0 Å². The first-order chi connectivity index (χ1) is 47.3. The molecular weight excluding hydrogens is 1430 g/mol. The number of carbonyl (C=O) groups excluding carboxylic acids is 1. The Bertz CT molecular complexity index is 2700. The molecule has 0 aromatic rings. The van der Waals surface area contributed by atoms with Gasteiger partial charge in [0.1, 0.15) is 153 Å². The third kappa shape index (κ3) is 16.2. The summed E-state index contributed by atoms with van der Waals surface area (Å²) in [4.78, 5) is 11.9. The van der Waals surface area contributed by atoms with Gasteiger partial charge in [-0.2, -0.15) is 0 Å². The van der Waals surface area contributed by atoms with Gasteiger partial charge in [0.15, 0.2) is 55.1 Å². The van der Waals surface area contributed by atoms with Crippen molar-refractivity contribution in [3.05, 3.63) is 0 Å². The standard InChI is InChI=1S/C51H86O51/c52-1-11(56)21(61)33(12(57)2-53)99-50(101-47(84)37(74)23(63)14(59)6-88-47)43(80)32(72)35(20(97-50)10-92-46(83)40(77)29(69)26(66)17(4-55)94-46)100-51(102-48(85)38(75)24(64)15(60)7-89-48)42(79)31(71)34(19(96-51)9-91-45(82)39(76)28(68)25(65)16(3-54)93-45)98-49(86)41(78)30(70)27(67)18(95-49)8-90-44(81)36(73)22(62)13(58)5-87-44/h1,11-43,53-86H,2-10H2/t11-,12+,13+,14-,15-,16-,17+,18+,19-,20+,21+,22-,23-,24+,25+,26-,27+,28-,29-,30-,31+,32-,33+,34-,35+,36+,37-,38-,39-,40+,41+,42-,43+,44+,45-,46+,47-,48-,49-,50-,51+/m0/s1. The number of carbonyl (C=O) groups is 1. The van der Waals surface area contributed by atoms with Gasteiger partial charge in [0.05, 0.1) is 59.5 Å². The predicted octanol–water partition coefficient (Wildman–Crippen LogP) is -24.3. The molecule has 8 rings (SSSR count). The Labute approximate surface area is 568 Å². The molecule has 0 amide bonds. The topological polar surface area (TPSA) is 853 Å². The fraction of sp³-hybridized carbons (Fsp3) is 0.980. The Morgan fingerprint density at radius 2 is 0.696 bits per heavy atom. The zero-order chi connectivity index (χ0) is 76.4. The van der Waals surface area contributed by atoms with Gasteiger partial charge < -0.3 is 245 Å².